The molecule has 5 rings (SSSR count). The van der Waals surface area contributed by atoms with Gasteiger partial charge in [0, 0.05) is 35.3 Å². The van der Waals surface area contributed by atoms with E-state index < -0.39 is 17.9 Å². The highest BCUT2D eigenvalue weighted by atomic mass is 32.1. The molecule has 9 heteroatoms. The van der Waals surface area contributed by atoms with Crippen molar-refractivity contribution in [3.8, 4) is 17.2 Å². The zero-order valence-electron chi connectivity index (χ0n) is 18.9. The van der Waals surface area contributed by atoms with Gasteiger partial charge in [0.15, 0.2) is 5.75 Å². The summed E-state index contributed by atoms with van der Waals surface area (Å²) in [6, 6.07) is 17.2. The van der Waals surface area contributed by atoms with Gasteiger partial charge in [-0.1, -0.05) is 12.1 Å². The summed E-state index contributed by atoms with van der Waals surface area (Å²) in [6.07, 6.45) is -3.52. The molecule has 0 saturated carbocycles. The van der Waals surface area contributed by atoms with E-state index in [1.807, 2.05) is 12.1 Å². The Hall–Kier alpha value is -3.43. The lowest BCUT2D eigenvalue weighted by Crippen LogP contribution is -2.53. The van der Waals surface area contributed by atoms with Crippen LogP contribution in [0.25, 0.3) is 10.1 Å². The third-order valence-corrected chi connectivity index (χ3v) is 7.35. The number of ether oxygens (including phenoxy) is 1. The van der Waals surface area contributed by atoms with Crippen molar-refractivity contribution in [3.05, 3.63) is 88.6 Å². The zero-order valence-corrected chi connectivity index (χ0v) is 19.7. The van der Waals surface area contributed by atoms with E-state index in [9.17, 15) is 27.5 Å². The Labute approximate surface area is 208 Å². The minimum Gasteiger partial charge on any atom is -0.508 e. The SMILES string of the molecule is O=C(c1ccc(F)cc1)c1sc2cc(O)ccc2c1Oc1ccc(CCN2CC(C(F)(F)F)C2)cc1. The molecule has 0 atom stereocenters. The number of ketones is 1. The number of likely N-dealkylation sites (tertiary alicyclic amines) is 1. The van der Waals surface area contributed by atoms with Gasteiger partial charge in [0.2, 0.25) is 5.78 Å². The molecule has 2 heterocycles. The van der Waals surface area contributed by atoms with E-state index in [2.05, 4.69) is 0 Å². The highest BCUT2D eigenvalue weighted by Crippen LogP contribution is 2.42. The van der Waals surface area contributed by atoms with Gasteiger partial charge in [0.25, 0.3) is 0 Å². The molecule has 1 saturated heterocycles. The van der Waals surface area contributed by atoms with Crippen molar-refractivity contribution in [3.63, 3.8) is 0 Å². The maximum Gasteiger partial charge on any atom is 0.394 e. The van der Waals surface area contributed by atoms with E-state index in [4.69, 9.17) is 4.74 Å². The molecule has 1 aliphatic rings. The Bertz CT molecular complexity index is 1390. The highest BCUT2D eigenvalue weighted by Gasteiger charge is 2.46. The molecule has 1 aliphatic heterocycles. The topological polar surface area (TPSA) is 49.8 Å². The molecule has 0 aliphatic carbocycles. The lowest BCUT2D eigenvalue weighted by Gasteiger charge is -2.40. The molecule has 0 radical (unpaired) electrons. The average molecular weight is 516 g/mol. The minimum atomic E-state index is -4.13. The van der Waals surface area contributed by atoms with E-state index in [1.54, 1.807) is 29.2 Å². The van der Waals surface area contributed by atoms with Crippen LogP contribution in [0.1, 0.15) is 20.8 Å². The van der Waals surface area contributed by atoms with Crippen molar-refractivity contribution < 1.29 is 32.2 Å². The standard InChI is InChI=1S/C27H21F4NO3S/c28-19-5-3-17(4-6-19)24(34)26-25(22-10-7-20(33)13-23(22)36-26)35-21-8-1-16(2-9-21)11-12-32-14-18(15-32)27(29,30)31/h1-10,13,18,33H,11-12,14-15H2. The van der Waals surface area contributed by atoms with Crippen molar-refractivity contribution in [2.75, 3.05) is 19.6 Å². The quantitative estimate of drug-likeness (QED) is 0.217. The second-order valence-corrected chi connectivity index (χ2v) is 9.82. The third-order valence-electron chi connectivity index (χ3n) is 6.22. The van der Waals surface area contributed by atoms with Crippen LogP contribution in [-0.2, 0) is 6.42 Å². The van der Waals surface area contributed by atoms with Gasteiger partial charge >= 0.3 is 6.18 Å². The first-order valence-electron chi connectivity index (χ1n) is 11.3. The first-order chi connectivity index (χ1) is 17.2. The lowest BCUT2D eigenvalue weighted by atomic mass is 9.99. The lowest BCUT2D eigenvalue weighted by molar-refractivity contribution is -0.208. The van der Waals surface area contributed by atoms with Crippen LogP contribution in [0.3, 0.4) is 0 Å². The smallest absolute Gasteiger partial charge is 0.394 e. The summed E-state index contributed by atoms with van der Waals surface area (Å²) in [5.74, 6) is -1.11. The molecule has 36 heavy (non-hydrogen) atoms. The molecule has 3 aromatic carbocycles. The van der Waals surface area contributed by atoms with Crippen LogP contribution in [0, 0.1) is 11.7 Å². The molecule has 0 spiro atoms. The van der Waals surface area contributed by atoms with Gasteiger partial charge in [0.05, 0.1) is 5.92 Å². The van der Waals surface area contributed by atoms with Gasteiger partial charge < -0.3 is 14.7 Å². The molecule has 1 fully saturated rings. The van der Waals surface area contributed by atoms with Gasteiger partial charge in [-0.05, 0) is 66.6 Å². The molecule has 186 valence electrons. The Morgan fingerprint density at radius 3 is 2.39 bits per heavy atom. The van der Waals surface area contributed by atoms with Crippen LogP contribution >= 0.6 is 11.3 Å². The van der Waals surface area contributed by atoms with E-state index in [1.165, 1.54) is 41.7 Å². The van der Waals surface area contributed by atoms with Crippen LogP contribution in [0.5, 0.6) is 17.2 Å². The highest BCUT2D eigenvalue weighted by molar-refractivity contribution is 7.21. The fourth-order valence-corrected chi connectivity index (χ4v) is 5.26. The number of halogens is 4. The second-order valence-electron chi connectivity index (χ2n) is 8.77. The number of phenolic OH excluding ortho intramolecular Hbond substituents is 1. The van der Waals surface area contributed by atoms with E-state index >= 15 is 0 Å². The summed E-state index contributed by atoms with van der Waals surface area (Å²) in [7, 11) is 0. The van der Waals surface area contributed by atoms with E-state index in [0.717, 1.165) is 5.56 Å². The number of hydrogen-bond acceptors (Lipinski definition) is 5. The predicted molar refractivity (Wildman–Crippen MR) is 130 cm³/mol. The first-order valence-corrected chi connectivity index (χ1v) is 12.1. The van der Waals surface area contributed by atoms with E-state index in [-0.39, 0.29) is 24.6 Å². The van der Waals surface area contributed by atoms with Crippen LogP contribution in [-0.4, -0.2) is 41.6 Å². The second kappa shape index (κ2) is 9.55. The summed E-state index contributed by atoms with van der Waals surface area (Å²) in [5.41, 5.74) is 1.27. The molecular formula is C27H21F4NO3S. The van der Waals surface area contributed by atoms with Gasteiger partial charge in [-0.3, -0.25) is 4.79 Å². The number of carbonyl (C=O) groups excluding carboxylic acids is 1. The number of carbonyl (C=O) groups is 1. The fourth-order valence-electron chi connectivity index (χ4n) is 4.13. The number of aromatic hydroxyl groups is 1. The van der Waals surface area contributed by atoms with Crippen LogP contribution < -0.4 is 4.74 Å². The number of phenols is 1. The number of rotatable bonds is 7. The largest absolute Gasteiger partial charge is 0.508 e. The van der Waals surface area contributed by atoms with Crippen molar-refractivity contribution in [2.24, 2.45) is 5.92 Å². The summed E-state index contributed by atoms with van der Waals surface area (Å²) in [4.78, 5) is 15.3. The normalized spacial score (nSPS) is 14.7. The van der Waals surface area contributed by atoms with Crippen LogP contribution in [0.4, 0.5) is 17.6 Å². The monoisotopic (exact) mass is 515 g/mol. The van der Waals surface area contributed by atoms with Crippen molar-refractivity contribution in [1.29, 1.82) is 0 Å². The molecule has 4 aromatic rings. The maximum atomic E-state index is 13.3. The van der Waals surface area contributed by atoms with Crippen molar-refractivity contribution in [2.45, 2.75) is 12.6 Å². The number of thiophene rings is 1. The summed E-state index contributed by atoms with van der Waals surface area (Å²) in [5, 5.41) is 10.5. The van der Waals surface area contributed by atoms with Gasteiger partial charge in [0.1, 0.15) is 22.2 Å². The number of fused-ring (bicyclic) bond motifs is 1. The summed E-state index contributed by atoms with van der Waals surface area (Å²) >= 11 is 1.18. The number of nitrogens with zero attached hydrogens (tertiary/aromatic N) is 1. The van der Waals surface area contributed by atoms with Crippen molar-refractivity contribution in [1.82, 2.24) is 4.90 Å². The zero-order chi connectivity index (χ0) is 25.4. The average Bonchev–Trinajstić information content (AvgIpc) is 3.15. The molecule has 1 aromatic heterocycles. The molecule has 0 amide bonds. The molecule has 0 unspecified atom stereocenters. The molecule has 4 nitrogen and oxygen atoms in total. The van der Waals surface area contributed by atoms with Crippen LogP contribution in [0.2, 0.25) is 0 Å². The Morgan fingerprint density at radius 1 is 1.03 bits per heavy atom. The van der Waals surface area contributed by atoms with Gasteiger partial charge in [-0.25, -0.2) is 4.39 Å². The molecule has 0 bridgehead atoms. The van der Waals surface area contributed by atoms with Crippen molar-refractivity contribution >= 4 is 27.2 Å². The Kier molecular flexibility index (Phi) is 6.44. The number of benzene rings is 3. The molecular weight excluding hydrogens is 494 g/mol. The predicted octanol–water partition coefficient (Wildman–Crippen LogP) is 6.81. The summed E-state index contributed by atoms with van der Waals surface area (Å²) in [6.45, 7) is 0.619. The molecule has 1 N–H and O–H groups in total. The Morgan fingerprint density at radius 2 is 1.72 bits per heavy atom. The van der Waals surface area contributed by atoms with Crippen LogP contribution in [0.15, 0.2) is 66.7 Å². The van der Waals surface area contributed by atoms with Gasteiger partial charge in [-0.15, -0.1) is 11.3 Å². The van der Waals surface area contributed by atoms with Gasteiger partial charge in [-0.2, -0.15) is 13.2 Å². The third kappa shape index (κ3) is 5.08. The first kappa shape index (κ1) is 24.3. The summed E-state index contributed by atoms with van der Waals surface area (Å²) < 4.78 is 58.1. The maximum absolute atomic E-state index is 13.3. The fraction of sp³-hybridized carbons (Fsp3) is 0.222. The Balaban J connectivity index is 1.33. The number of hydrogen-bond donors (Lipinski definition) is 1. The number of alkyl halides is 3. The van der Waals surface area contributed by atoms with E-state index in [0.29, 0.717) is 45.0 Å². The minimum absolute atomic E-state index is 0.0380.